The van der Waals surface area contributed by atoms with Gasteiger partial charge in [-0.15, -0.1) is 0 Å². The maximum absolute atomic E-state index is 5.35. The lowest BCUT2D eigenvalue weighted by Gasteiger charge is -2.38. The molecule has 1 aromatic heterocycles. The monoisotopic (exact) mass is 264 g/mol. The highest BCUT2D eigenvalue weighted by molar-refractivity contribution is 4.93. The van der Waals surface area contributed by atoms with Crippen LogP contribution < -0.4 is 5.32 Å². The normalized spacial score (nSPS) is 28.9. The zero-order valence-corrected chi connectivity index (χ0v) is 11.8. The zero-order chi connectivity index (χ0) is 13.1. The van der Waals surface area contributed by atoms with Crippen LogP contribution in [0, 0.1) is 0 Å². The summed E-state index contributed by atoms with van der Waals surface area (Å²) in [5.74, 6) is 1.60. The Balaban J connectivity index is 1.65. The quantitative estimate of drug-likeness (QED) is 0.897. The Labute approximate surface area is 114 Å². The van der Waals surface area contributed by atoms with Crippen LogP contribution in [0.4, 0.5) is 0 Å². The van der Waals surface area contributed by atoms with Crippen molar-refractivity contribution >= 4 is 0 Å². The van der Waals surface area contributed by atoms with Crippen molar-refractivity contribution in [2.24, 2.45) is 0 Å². The third-order valence-electron chi connectivity index (χ3n) is 4.39. The summed E-state index contributed by atoms with van der Waals surface area (Å²) in [5, 5.41) is 7.64. The lowest BCUT2D eigenvalue weighted by atomic mass is 9.94. The molecule has 3 heterocycles. The van der Waals surface area contributed by atoms with Crippen LogP contribution in [0.15, 0.2) is 4.52 Å². The van der Waals surface area contributed by atoms with E-state index in [9.17, 15) is 0 Å². The molecule has 2 aliphatic rings. The second-order valence-electron chi connectivity index (χ2n) is 5.69. The molecule has 0 saturated carbocycles. The molecule has 2 fully saturated rings. The summed E-state index contributed by atoms with van der Waals surface area (Å²) < 4.78 is 5.35. The number of nitrogens with one attached hydrogen (secondary N) is 1. The van der Waals surface area contributed by atoms with Crippen molar-refractivity contribution in [3.63, 3.8) is 0 Å². The first kappa shape index (κ1) is 13.1. The van der Waals surface area contributed by atoms with Gasteiger partial charge in [-0.3, -0.25) is 4.90 Å². The highest BCUT2D eigenvalue weighted by Crippen LogP contribution is 2.25. The molecule has 1 N–H and O–H groups in total. The number of hydrogen-bond acceptors (Lipinski definition) is 5. The summed E-state index contributed by atoms with van der Waals surface area (Å²) in [4.78, 5) is 6.99. The standard InChI is InChI=1S/C14H24N4O/c1-2-13-16-14(19-17-13)10-18-9-4-3-7-12(18)11-6-5-8-15-11/h11-12,15H,2-10H2,1H3. The summed E-state index contributed by atoms with van der Waals surface area (Å²) in [5.41, 5.74) is 0. The van der Waals surface area contributed by atoms with Crippen LogP contribution in [0.25, 0.3) is 0 Å². The van der Waals surface area contributed by atoms with E-state index < -0.39 is 0 Å². The van der Waals surface area contributed by atoms with Gasteiger partial charge >= 0.3 is 0 Å². The van der Waals surface area contributed by atoms with Crippen LogP contribution in [-0.2, 0) is 13.0 Å². The van der Waals surface area contributed by atoms with Gasteiger partial charge in [0, 0.05) is 18.5 Å². The predicted molar refractivity (Wildman–Crippen MR) is 72.7 cm³/mol. The van der Waals surface area contributed by atoms with Crippen LogP contribution in [0.3, 0.4) is 0 Å². The van der Waals surface area contributed by atoms with E-state index in [1.807, 2.05) is 0 Å². The molecule has 2 atom stereocenters. The fraction of sp³-hybridized carbons (Fsp3) is 0.857. The van der Waals surface area contributed by atoms with Crippen LogP contribution >= 0.6 is 0 Å². The lowest BCUT2D eigenvalue weighted by molar-refractivity contribution is 0.0993. The molecule has 19 heavy (non-hydrogen) atoms. The molecule has 3 rings (SSSR count). The molecule has 5 heteroatoms. The third-order valence-corrected chi connectivity index (χ3v) is 4.39. The number of aromatic nitrogens is 2. The highest BCUT2D eigenvalue weighted by atomic mass is 16.5. The van der Waals surface area contributed by atoms with Crippen molar-refractivity contribution in [2.45, 2.75) is 64.1 Å². The van der Waals surface area contributed by atoms with E-state index in [4.69, 9.17) is 4.52 Å². The van der Waals surface area contributed by atoms with Crippen molar-refractivity contribution in [1.82, 2.24) is 20.4 Å². The number of hydrogen-bond donors (Lipinski definition) is 1. The highest BCUT2D eigenvalue weighted by Gasteiger charge is 2.32. The number of piperidine rings is 1. The minimum atomic E-state index is 0.647. The van der Waals surface area contributed by atoms with Gasteiger partial charge in [-0.25, -0.2) is 0 Å². The fourth-order valence-electron chi connectivity index (χ4n) is 3.38. The first-order chi connectivity index (χ1) is 9.36. The van der Waals surface area contributed by atoms with Crippen LogP contribution in [0.1, 0.15) is 50.7 Å². The minimum absolute atomic E-state index is 0.647. The number of rotatable bonds is 4. The van der Waals surface area contributed by atoms with Crippen molar-refractivity contribution in [2.75, 3.05) is 13.1 Å². The Morgan fingerprint density at radius 1 is 1.32 bits per heavy atom. The fourth-order valence-corrected chi connectivity index (χ4v) is 3.38. The van der Waals surface area contributed by atoms with E-state index >= 15 is 0 Å². The first-order valence-corrected chi connectivity index (χ1v) is 7.65. The maximum Gasteiger partial charge on any atom is 0.240 e. The zero-order valence-electron chi connectivity index (χ0n) is 11.8. The summed E-state index contributed by atoms with van der Waals surface area (Å²) in [6.07, 6.45) is 7.41. The molecule has 5 nitrogen and oxygen atoms in total. The van der Waals surface area contributed by atoms with Gasteiger partial charge in [-0.1, -0.05) is 18.5 Å². The van der Waals surface area contributed by atoms with Gasteiger partial charge in [0.05, 0.1) is 6.54 Å². The predicted octanol–water partition coefficient (Wildman–Crippen LogP) is 1.74. The van der Waals surface area contributed by atoms with E-state index in [0.717, 1.165) is 31.2 Å². The van der Waals surface area contributed by atoms with Crippen molar-refractivity contribution < 1.29 is 4.52 Å². The topological polar surface area (TPSA) is 54.2 Å². The van der Waals surface area contributed by atoms with Gasteiger partial charge in [0.2, 0.25) is 5.89 Å². The van der Waals surface area contributed by atoms with Gasteiger partial charge in [-0.05, 0) is 38.8 Å². The average Bonchev–Trinajstić information content (AvgIpc) is 3.10. The second-order valence-corrected chi connectivity index (χ2v) is 5.69. The molecule has 2 saturated heterocycles. The van der Waals surface area contributed by atoms with Gasteiger partial charge in [0.15, 0.2) is 5.82 Å². The molecule has 2 unspecified atom stereocenters. The Bertz CT molecular complexity index is 400. The summed E-state index contributed by atoms with van der Waals surface area (Å²) in [6, 6.07) is 1.31. The first-order valence-electron chi connectivity index (χ1n) is 7.65. The number of nitrogens with zero attached hydrogens (tertiary/aromatic N) is 3. The summed E-state index contributed by atoms with van der Waals surface area (Å²) in [6.45, 7) is 5.21. The van der Waals surface area contributed by atoms with Crippen LogP contribution in [0.2, 0.25) is 0 Å². The maximum atomic E-state index is 5.35. The molecule has 2 aliphatic heterocycles. The molecule has 0 aliphatic carbocycles. The lowest BCUT2D eigenvalue weighted by Crippen LogP contribution is -2.49. The van der Waals surface area contributed by atoms with Crippen molar-refractivity contribution in [1.29, 1.82) is 0 Å². The van der Waals surface area contributed by atoms with Gasteiger partial charge in [-0.2, -0.15) is 4.98 Å². The largest absolute Gasteiger partial charge is 0.338 e. The molecular formula is C14H24N4O. The molecule has 106 valence electrons. The average molecular weight is 264 g/mol. The van der Waals surface area contributed by atoms with Crippen LogP contribution in [0.5, 0.6) is 0 Å². The third kappa shape index (κ3) is 2.98. The Morgan fingerprint density at radius 3 is 3.00 bits per heavy atom. The van der Waals surface area contributed by atoms with E-state index in [0.29, 0.717) is 12.1 Å². The molecule has 0 radical (unpaired) electrons. The Hall–Kier alpha value is -0.940. The second kappa shape index (κ2) is 6.01. The van der Waals surface area contributed by atoms with Crippen LogP contribution in [-0.4, -0.2) is 40.2 Å². The Kier molecular flexibility index (Phi) is 4.13. The SMILES string of the molecule is CCc1noc(CN2CCCCC2C2CCCN2)n1. The van der Waals surface area contributed by atoms with E-state index in [-0.39, 0.29) is 0 Å². The molecular weight excluding hydrogens is 240 g/mol. The molecule has 0 bridgehead atoms. The Morgan fingerprint density at radius 2 is 2.26 bits per heavy atom. The van der Waals surface area contributed by atoms with Gasteiger partial charge in [0.25, 0.3) is 0 Å². The minimum Gasteiger partial charge on any atom is -0.338 e. The van der Waals surface area contributed by atoms with Gasteiger partial charge in [0.1, 0.15) is 0 Å². The van der Waals surface area contributed by atoms with E-state index in [1.165, 1.54) is 38.6 Å². The smallest absolute Gasteiger partial charge is 0.240 e. The molecule has 1 aromatic rings. The van der Waals surface area contributed by atoms with E-state index in [1.54, 1.807) is 0 Å². The van der Waals surface area contributed by atoms with Gasteiger partial charge < -0.3 is 9.84 Å². The number of likely N-dealkylation sites (tertiary alicyclic amines) is 1. The number of aryl methyl sites for hydroxylation is 1. The molecule has 0 aromatic carbocycles. The summed E-state index contributed by atoms with van der Waals surface area (Å²) >= 11 is 0. The molecule has 0 spiro atoms. The van der Waals surface area contributed by atoms with E-state index in [2.05, 4.69) is 27.3 Å². The summed E-state index contributed by atoms with van der Waals surface area (Å²) in [7, 11) is 0. The van der Waals surface area contributed by atoms with Crippen molar-refractivity contribution in [3.8, 4) is 0 Å². The molecule has 0 amide bonds. The van der Waals surface area contributed by atoms with Crippen molar-refractivity contribution in [3.05, 3.63) is 11.7 Å².